The number of nitrogens with one attached hydrogen (secondary N) is 2. The van der Waals surface area contributed by atoms with Crippen LogP contribution in [0, 0.1) is 6.92 Å². The highest BCUT2D eigenvalue weighted by Crippen LogP contribution is 2.33. The standard InChI is InChI=1S/C22H24N4O3/c1-15-24-21(23-9-8-16-4-3-5-18(12-16)27-2)14-22(25-15)26-17-6-7-19-20(13-17)29-11-10-28-19/h3-7,12-14H,8-11H2,1-2H3,(H2,23,24,25,26). The van der Waals surface area contributed by atoms with Crippen LogP contribution in [0.15, 0.2) is 48.5 Å². The van der Waals surface area contributed by atoms with E-state index in [1.165, 1.54) is 5.56 Å². The third-order valence-electron chi connectivity index (χ3n) is 4.51. The quantitative estimate of drug-likeness (QED) is 0.630. The zero-order valence-electron chi connectivity index (χ0n) is 16.6. The lowest BCUT2D eigenvalue weighted by Gasteiger charge is -2.19. The number of aryl methyl sites for hydroxylation is 1. The number of aromatic nitrogens is 2. The number of hydrogen-bond donors (Lipinski definition) is 2. The van der Waals surface area contributed by atoms with Crippen molar-refractivity contribution >= 4 is 17.3 Å². The summed E-state index contributed by atoms with van der Waals surface area (Å²) in [4.78, 5) is 8.96. The van der Waals surface area contributed by atoms with Gasteiger partial charge in [-0.05, 0) is 43.2 Å². The molecule has 0 aliphatic carbocycles. The molecule has 29 heavy (non-hydrogen) atoms. The molecule has 4 rings (SSSR count). The lowest BCUT2D eigenvalue weighted by molar-refractivity contribution is 0.171. The van der Waals surface area contributed by atoms with Crippen LogP contribution < -0.4 is 24.8 Å². The van der Waals surface area contributed by atoms with Crippen LogP contribution in [0.4, 0.5) is 17.3 Å². The third kappa shape index (κ3) is 4.87. The Balaban J connectivity index is 1.40. The maximum Gasteiger partial charge on any atom is 0.163 e. The molecule has 7 nitrogen and oxygen atoms in total. The van der Waals surface area contributed by atoms with Crippen molar-refractivity contribution in [1.29, 1.82) is 0 Å². The summed E-state index contributed by atoms with van der Waals surface area (Å²) in [5.74, 6) is 4.56. The van der Waals surface area contributed by atoms with Gasteiger partial charge in [0.25, 0.3) is 0 Å². The number of ether oxygens (including phenoxy) is 3. The highest BCUT2D eigenvalue weighted by atomic mass is 16.6. The monoisotopic (exact) mass is 392 g/mol. The van der Waals surface area contributed by atoms with Gasteiger partial charge >= 0.3 is 0 Å². The van der Waals surface area contributed by atoms with Crippen molar-refractivity contribution in [2.75, 3.05) is 37.5 Å². The summed E-state index contributed by atoms with van der Waals surface area (Å²) in [5.41, 5.74) is 2.09. The molecule has 2 aromatic carbocycles. The molecule has 0 atom stereocenters. The lowest BCUT2D eigenvalue weighted by atomic mass is 10.1. The number of hydrogen-bond acceptors (Lipinski definition) is 7. The Morgan fingerprint density at radius 3 is 2.66 bits per heavy atom. The van der Waals surface area contributed by atoms with Crippen molar-refractivity contribution in [2.45, 2.75) is 13.3 Å². The number of nitrogens with zero attached hydrogens (tertiary/aromatic N) is 2. The zero-order chi connectivity index (χ0) is 20.1. The van der Waals surface area contributed by atoms with Gasteiger partial charge in [-0.15, -0.1) is 0 Å². The molecule has 1 aliphatic heterocycles. The molecule has 0 spiro atoms. The first-order valence-corrected chi connectivity index (χ1v) is 9.59. The summed E-state index contributed by atoms with van der Waals surface area (Å²) in [6, 6.07) is 15.7. The van der Waals surface area contributed by atoms with E-state index in [2.05, 4.69) is 26.7 Å². The zero-order valence-corrected chi connectivity index (χ0v) is 16.6. The van der Waals surface area contributed by atoms with Gasteiger partial charge in [-0.2, -0.15) is 0 Å². The van der Waals surface area contributed by atoms with Gasteiger partial charge in [0.1, 0.15) is 36.4 Å². The van der Waals surface area contributed by atoms with E-state index in [1.54, 1.807) is 7.11 Å². The second kappa shape index (κ2) is 8.68. The van der Waals surface area contributed by atoms with Crippen molar-refractivity contribution in [3.63, 3.8) is 0 Å². The van der Waals surface area contributed by atoms with Crippen molar-refractivity contribution in [1.82, 2.24) is 9.97 Å². The average Bonchev–Trinajstić information content (AvgIpc) is 2.73. The van der Waals surface area contributed by atoms with Crippen LogP contribution in [0.25, 0.3) is 0 Å². The van der Waals surface area contributed by atoms with E-state index in [-0.39, 0.29) is 0 Å². The highest BCUT2D eigenvalue weighted by molar-refractivity contribution is 5.63. The molecule has 0 bridgehead atoms. The second-order valence-corrected chi connectivity index (χ2v) is 6.70. The van der Waals surface area contributed by atoms with Gasteiger partial charge < -0.3 is 24.8 Å². The Hall–Kier alpha value is -3.48. The van der Waals surface area contributed by atoms with Crippen LogP contribution in [0.3, 0.4) is 0 Å². The molecule has 0 saturated heterocycles. The molecule has 0 fully saturated rings. The van der Waals surface area contributed by atoms with E-state index in [0.717, 1.165) is 47.5 Å². The fourth-order valence-corrected chi connectivity index (χ4v) is 3.15. The van der Waals surface area contributed by atoms with E-state index < -0.39 is 0 Å². The first-order chi connectivity index (χ1) is 14.2. The minimum Gasteiger partial charge on any atom is -0.497 e. The summed E-state index contributed by atoms with van der Waals surface area (Å²) in [6.07, 6.45) is 0.866. The number of methoxy groups -OCH3 is 1. The van der Waals surface area contributed by atoms with E-state index >= 15 is 0 Å². The molecule has 1 aliphatic rings. The second-order valence-electron chi connectivity index (χ2n) is 6.70. The molecule has 0 unspecified atom stereocenters. The summed E-state index contributed by atoms with van der Waals surface area (Å²) < 4.78 is 16.5. The molecule has 0 saturated carbocycles. The van der Waals surface area contributed by atoms with Gasteiger partial charge in [0.2, 0.25) is 0 Å². The molecule has 0 radical (unpaired) electrons. The molecule has 3 aromatic rings. The van der Waals surface area contributed by atoms with E-state index in [4.69, 9.17) is 14.2 Å². The fraction of sp³-hybridized carbons (Fsp3) is 0.273. The Labute approximate surface area is 170 Å². The van der Waals surface area contributed by atoms with Crippen LogP contribution in [-0.4, -0.2) is 36.8 Å². The van der Waals surface area contributed by atoms with Crippen molar-refractivity contribution in [2.24, 2.45) is 0 Å². The number of benzene rings is 2. The van der Waals surface area contributed by atoms with E-state index in [0.29, 0.717) is 19.0 Å². The molecule has 150 valence electrons. The lowest BCUT2D eigenvalue weighted by Crippen LogP contribution is -2.15. The van der Waals surface area contributed by atoms with Crippen LogP contribution in [-0.2, 0) is 6.42 Å². The maximum atomic E-state index is 5.64. The van der Waals surface area contributed by atoms with Gasteiger partial charge in [-0.3, -0.25) is 0 Å². The van der Waals surface area contributed by atoms with E-state index in [9.17, 15) is 0 Å². The topological polar surface area (TPSA) is 77.5 Å². The van der Waals surface area contributed by atoms with Crippen LogP contribution in [0.5, 0.6) is 17.2 Å². The molecule has 2 heterocycles. The number of anilines is 3. The van der Waals surface area contributed by atoms with Crippen molar-refractivity contribution in [3.05, 3.63) is 59.9 Å². The Kier molecular flexibility index (Phi) is 5.65. The van der Waals surface area contributed by atoms with Gasteiger partial charge in [-0.25, -0.2) is 9.97 Å². The Morgan fingerprint density at radius 2 is 1.79 bits per heavy atom. The smallest absolute Gasteiger partial charge is 0.163 e. The first kappa shape index (κ1) is 18.9. The molecular formula is C22H24N4O3. The van der Waals surface area contributed by atoms with Crippen LogP contribution in [0.2, 0.25) is 0 Å². The Morgan fingerprint density at radius 1 is 0.966 bits per heavy atom. The molecule has 7 heteroatoms. The van der Waals surface area contributed by atoms with Crippen LogP contribution >= 0.6 is 0 Å². The molecule has 1 aromatic heterocycles. The van der Waals surface area contributed by atoms with Gasteiger partial charge in [0.05, 0.1) is 7.11 Å². The fourth-order valence-electron chi connectivity index (χ4n) is 3.15. The first-order valence-electron chi connectivity index (χ1n) is 9.59. The van der Waals surface area contributed by atoms with Gasteiger partial charge in [0, 0.05) is 24.4 Å². The van der Waals surface area contributed by atoms with Crippen molar-refractivity contribution < 1.29 is 14.2 Å². The van der Waals surface area contributed by atoms with Gasteiger partial charge in [0.15, 0.2) is 11.5 Å². The van der Waals surface area contributed by atoms with Crippen LogP contribution in [0.1, 0.15) is 11.4 Å². The summed E-state index contributed by atoms with van der Waals surface area (Å²) in [5, 5.41) is 6.69. The predicted molar refractivity (Wildman–Crippen MR) is 113 cm³/mol. The number of fused-ring (bicyclic) bond motifs is 1. The minimum atomic E-state index is 0.560. The molecule has 2 N–H and O–H groups in total. The predicted octanol–water partition coefficient (Wildman–Crippen LogP) is 3.96. The largest absolute Gasteiger partial charge is 0.497 e. The summed E-state index contributed by atoms with van der Waals surface area (Å²) in [6.45, 7) is 3.77. The Bertz CT molecular complexity index is 994. The third-order valence-corrected chi connectivity index (χ3v) is 4.51. The highest BCUT2D eigenvalue weighted by Gasteiger charge is 2.12. The molecule has 0 amide bonds. The SMILES string of the molecule is COc1cccc(CCNc2cc(Nc3ccc4c(c3)OCCO4)nc(C)n2)c1. The van der Waals surface area contributed by atoms with Crippen molar-refractivity contribution in [3.8, 4) is 17.2 Å². The maximum absolute atomic E-state index is 5.64. The van der Waals surface area contributed by atoms with Gasteiger partial charge in [-0.1, -0.05) is 12.1 Å². The summed E-state index contributed by atoms with van der Waals surface area (Å²) >= 11 is 0. The normalized spacial score (nSPS) is 12.3. The molecular weight excluding hydrogens is 368 g/mol. The number of rotatable bonds is 7. The average molecular weight is 392 g/mol. The summed E-state index contributed by atoms with van der Waals surface area (Å²) in [7, 11) is 1.68. The van der Waals surface area contributed by atoms with E-state index in [1.807, 2.05) is 49.4 Å². The minimum absolute atomic E-state index is 0.560.